The Balaban J connectivity index is 2.28. The zero-order chi connectivity index (χ0) is 13.9. The molecular formula is C15H18BrClN2. The number of aromatic nitrogens is 2. The van der Waals surface area contributed by atoms with Crippen LogP contribution in [0.2, 0.25) is 0 Å². The molecule has 0 aliphatic carbocycles. The SMILES string of the molecule is CC(C)(CCCl)c1cncn1Cc1ccccc1Br. The van der Waals surface area contributed by atoms with E-state index in [-0.39, 0.29) is 5.41 Å². The van der Waals surface area contributed by atoms with E-state index in [0.29, 0.717) is 5.88 Å². The van der Waals surface area contributed by atoms with Crippen LogP contribution >= 0.6 is 27.5 Å². The number of benzene rings is 1. The lowest BCUT2D eigenvalue weighted by molar-refractivity contribution is 0.468. The minimum absolute atomic E-state index is 0.0412. The minimum atomic E-state index is 0.0412. The van der Waals surface area contributed by atoms with E-state index in [2.05, 4.69) is 57.5 Å². The zero-order valence-electron chi connectivity index (χ0n) is 11.2. The van der Waals surface area contributed by atoms with Crippen LogP contribution in [0.3, 0.4) is 0 Å². The molecule has 0 spiro atoms. The normalized spacial score (nSPS) is 11.8. The number of halogens is 2. The van der Waals surface area contributed by atoms with Crippen molar-refractivity contribution in [2.45, 2.75) is 32.2 Å². The van der Waals surface area contributed by atoms with E-state index in [1.54, 1.807) is 0 Å². The van der Waals surface area contributed by atoms with Gasteiger partial charge in [0.05, 0.1) is 6.33 Å². The molecule has 1 heterocycles. The first-order valence-electron chi connectivity index (χ1n) is 6.34. The number of rotatable bonds is 5. The number of imidazole rings is 1. The molecule has 0 saturated heterocycles. The van der Waals surface area contributed by atoms with Gasteiger partial charge in [0, 0.05) is 34.2 Å². The average molecular weight is 342 g/mol. The Morgan fingerprint density at radius 2 is 2.05 bits per heavy atom. The zero-order valence-corrected chi connectivity index (χ0v) is 13.6. The molecule has 0 aliphatic rings. The van der Waals surface area contributed by atoms with Gasteiger partial charge in [-0.3, -0.25) is 0 Å². The van der Waals surface area contributed by atoms with E-state index in [9.17, 15) is 0 Å². The summed E-state index contributed by atoms with van der Waals surface area (Å²) in [7, 11) is 0. The lowest BCUT2D eigenvalue weighted by Crippen LogP contribution is -2.22. The minimum Gasteiger partial charge on any atom is -0.330 e. The fourth-order valence-corrected chi connectivity index (χ4v) is 3.07. The van der Waals surface area contributed by atoms with Gasteiger partial charge in [-0.15, -0.1) is 11.6 Å². The molecule has 1 aromatic heterocycles. The maximum absolute atomic E-state index is 5.90. The van der Waals surface area contributed by atoms with Gasteiger partial charge in [-0.25, -0.2) is 4.98 Å². The highest BCUT2D eigenvalue weighted by Crippen LogP contribution is 2.28. The second-order valence-electron chi connectivity index (χ2n) is 5.32. The third-order valence-corrected chi connectivity index (χ3v) is 4.39. The van der Waals surface area contributed by atoms with Crippen molar-refractivity contribution in [3.63, 3.8) is 0 Å². The fourth-order valence-electron chi connectivity index (χ4n) is 2.18. The van der Waals surface area contributed by atoms with Crippen molar-refractivity contribution >= 4 is 27.5 Å². The first-order valence-corrected chi connectivity index (χ1v) is 7.67. The Kier molecular flexibility index (Phi) is 4.69. The van der Waals surface area contributed by atoms with Gasteiger partial charge in [-0.05, 0) is 18.1 Å². The average Bonchev–Trinajstić information content (AvgIpc) is 2.81. The molecule has 0 N–H and O–H groups in total. The van der Waals surface area contributed by atoms with Gasteiger partial charge in [-0.2, -0.15) is 0 Å². The smallest absolute Gasteiger partial charge is 0.0951 e. The van der Waals surface area contributed by atoms with Crippen LogP contribution in [0, 0.1) is 0 Å². The van der Waals surface area contributed by atoms with Crippen LogP contribution in [0.15, 0.2) is 41.3 Å². The quantitative estimate of drug-likeness (QED) is 0.727. The summed E-state index contributed by atoms with van der Waals surface area (Å²) in [6.07, 6.45) is 4.78. The van der Waals surface area contributed by atoms with Crippen molar-refractivity contribution in [2.75, 3.05) is 5.88 Å². The van der Waals surface area contributed by atoms with Crippen molar-refractivity contribution in [1.82, 2.24) is 9.55 Å². The summed E-state index contributed by atoms with van der Waals surface area (Å²) in [6, 6.07) is 8.28. The molecule has 0 radical (unpaired) electrons. The molecule has 0 bridgehead atoms. The van der Waals surface area contributed by atoms with Crippen molar-refractivity contribution < 1.29 is 0 Å². The first-order chi connectivity index (χ1) is 9.04. The van der Waals surface area contributed by atoms with E-state index in [4.69, 9.17) is 11.6 Å². The van der Waals surface area contributed by atoms with Gasteiger partial charge < -0.3 is 4.57 Å². The van der Waals surface area contributed by atoms with E-state index in [1.165, 1.54) is 11.3 Å². The number of hydrogen-bond donors (Lipinski definition) is 0. The third kappa shape index (κ3) is 3.40. The number of nitrogens with zero attached hydrogens (tertiary/aromatic N) is 2. The molecule has 102 valence electrons. The van der Waals surface area contributed by atoms with Gasteiger partial charge in [0.1, 0.15) is 0 Å². The van der Waals surface area contributed by atoms with Crippen molar-refractivity contribution in [3.8, 4) is 0 Å². The van der Waals surface area contributed by atoms with Crippen molar-refractivity contribution in [2.24, 2.45) is 0 Å². The molecule has 2 nitrogen and oxygen atoms in total. The molecule has 0 unspecified atom stereocenters. The van der Waals surface area contributed by atoms with E-state index in [0.717, 1.165) is 17.4 Å². The van der Waals surface area contributed by atoms with Gasteiger partial charge in [0.2, 0.25) is 0 Å². The van der Waals surface area contributed by atoms with Crippen LogP contribution < -0.4 is 0 Å². The third-order valence-electron chi connectivity index (χ3n) is 3.42. The summed E-state index contributed by atoms with van der Waals surface area (Å²) in [5.41, 5.74) is 2.52. The van der Waals surface area contributed by atoms with Crippen LogP contribution in [0.5, 0.6) is 0 Å². The summed E-state index contributed by atoms with van der Waals surface area (Å²) >= 11 is 9.50. The second-order valence-corrected chi connectivity index (χ2v) is 6.55. The molecule has 0 saturated carbocycles. The number of hydrogen-bond acceptors (Lipinski definition) is 1. The topological polar surface area (TPSA) is 17.8 Å². The predicted molar refractivity (Wildman–Crippen MR) is 83.8 cm³/mol. The molecule has 2 aromatic rings. The maximum Gasteiger partial charge on any atom is 0.0951 e. The highest BCUT2D eigenvalue weighted by Gasteiger charge is 2.24. The van der Waals surface area contributed by atoms with Crippen LogP contribution in [-0.4, -0.2) is 15.4 Å². The van der Waals surface area contributed by atoms with Gasteiger partial charge >= 0.3 is 0 Å². The summed E-state index contributed by atoms with van der Waals surface area (Å²) < 4.78 is 3.33. The van der Waals surface area contributed by atoms with Gasteiger partial charge in [-0.1, -0.05) is 48.0 Å². The standard InChI is InChI=1S/C15H18BrClN2/c1-15(2,7-8-17)14-9-18-11-19(14)10-12-5-3-4-6-13(12)16/h3-6,9,11H,7-8,10H2,1-2H3. The highest BCUT2D eigenvalue weighted by molar-refractivity contribution is 9.10. The summed E-state index contributed by atoms with van der Waals surface area (Å²) in [4.78, 5) is 4.30. The van der Waals surface area contributed by atoms with E-state index < -0.39 is 0 Å². The van der Waals surface area contributed by atoms with E-state index >= 15 is 0 Å². The Bertz CT molecular complexity index is 549. The van der Waals surface area contributed by atoms with Gasteiger partial charge in [0.15, 0.2) is 0 Å². The van der Waals surface area contributed by atoms with Crippen LogP contribution in [0.25, 0.3) is 0 Å². The first kappa shape index (κ1) is 14.6. The molecule has 0 amide bonds. The predicted octanol–water partition coefficient (Wildman–Crippen LogP) is 4.60. The number of alkyl halides is 1. The fraction of sp³-hybridized carbons (Fsp3) is 0.400. The van der Waals surface area contributed by atoms with E-state index in [1.807, 2.05) is 18.6 Å². The Morgan fingerprint density at radius 3 is 2.74 bits per heavy atom. The summed E-state index contributed by atoms with van der Waals surface area (Å²) in [5.74, 6) is 0.660. The molecule has 0 atom stereocenters. The summed E-state index contributed by atoms with van der Waals surface area (Å²) in [5, 5.41) is 0. The molecule has 19 heavy (non-hydrogen) atoms. The molecule has 4 heteroatoms. The monoisotopic (exact) mass is 340 g/mol. The van der Waals surface area contributed by atoms with Crippen LogP contribution in [-0.2, 0) is 12.0 Å². The van der Waals surface area contributed by atoms with Crippen molar-refractivity contribution in [3.05, 3.63) is 52.5 Å². The Morgan fingerprint density at radius 1 is 1.32 bits per heavy atom. The van der Waals surface area contributed by atoms with Crippen LogP contribution in [0.4, 0.5) is 0 Å². The summed E-state index contributed by atoms with van der Waals surface area (Å²) in [6.45, 7) is 5.24. The molecule has 1 aromatic carbocycles. The Hall–Kier alpha value is -0.800. The second kappa shape index (κ2) is 6.10. The maximum atomic E-state index is 5.90. The van der Waals surface area contributed by atoms with Gasteiger partial charge in [0.25, 0.3) is 0 Å². The lowest BCUT2D eigenvalue weighted by atomic mass is 9.86. The molecule has 2 rings (SSSR count). The lowest BCUT2D eigenvalue weighted by Gasteiger charge is -2.25. The van der Waals surface area contributed by atoms with Crippen LogP contribution in [0.1, 0.15) is 31.5 Å². The largest absolute Gasteiger partial charge is 0.330 e. The Labute approximate surface area is 127 Å². The molecular weight excluding hydrogens is 324 g/mol. The molecule has 0 aliphatic heterocycles. The molecule has 0 fully saturated rings. The highest BCUT2D eigenvalue weighted by atomic mass is 79.9. The van der Waals surface area contributed by atoms with Crippen molar-refractivity contribution in [1.29, 1.82) is 0 Å².